The first kappa shape index (κ1) is 20.6. The molecule has 0 saturated carbocycles. The highest BCUT2D eigenvalue weighted by atomic mass is 32.1. The molecule has 2 aromatic heterocycles. The fourth-order valence-electron chi connectivity index (χ4n) is 3.96. The van der Waals surface area contributed by atoms with Crippen molar-refractivity contribution in [2.24, 2.45) is 5.92 Å². The first-order chi connectivity index (χ1) is 15.5. The number of carbonyl (C=O) groups excluding carboxylic acids is 1. The van der Waals surface area contributed by atoms with Gasteiger partial charge in [-0.3, -0.25) is 4.79 Å². The van der Waals surface area contributed by atoms with Crippen molar-refractivity contribution in [2.45, 2.75) is 12.5 Å². The lowest BCUT2D eigenvalue weighted by Gasteiger charge is -2.24. The molecule has 10 nitrogen and oxygen atoms in total. The summed E-state index contributed by atoms with van der Waals surface area (Å²) >= 11 is 1.31. The molecule has 32 heavy (non-hydrogen) atoms. The minimum Gasteiger partial charge on any atom is -0.424 e. The molecule has 2 N–H and O–H groups in total. The second-order valence-corrected chi connectivity index (χ2v) is 9.14. The van der Waals surface area contributed by atoms with Gasteiger partial charge in [-0.1, -0.05) is 11.3 Å². The van der Waals surface area contributed by atoms with Crippen LogP contribution >= 0.6 is 11.3 Å². The van der Waals surface area contributed by atoms with Gasteiger partial charge in [0.25, 0.3) is 5.91 Å². The molecule has 1 amide bonds. The molecule has 0 spiro atoms. The Morgan fingerprint density at radius 1 is 1.22 bits per heavy atom. The van der Waals surface area contributed by atoms with Gasteiger partial charge in [0.15, 0.2) is 11.0 Å². The van der Waals surface area contributed by atoms with Gasteiger partial charge in [-0.25, -0.2) is 4.98 Å². The predicted octanol–water partition coefficient (Wildman–Crippen LogP) is 2.30. The standard InChI is InChI=1S/C21H23N7O3S/c1-27(2)18(29)13-3-5-15(6-4-13)31-21-25-17(16-8-23-19(22)32-16)24-20(26-21)28-9-12-7-14(28)11-30-10-12/h3-6,8,12,14H,7,9-11H2,1-2H3,(H2,22,23). The fraction of sp³-hybridized carbons (Fsp3) is 0.381. The van der Waals surface area contributed by atoms with Crippen molar-refractivity contribution in [2.75, 3.05) is 44.5 Å². The molecular formula is C21H23N7O3S. The van der Waals surface area contributed by atoms with E-state index in [4.69, 9.17) is 20.2 Å². The highest BCUT2D eigenvalue weighted by Gasteiger charge is 2.38. The summed E-state index contributed by atoms with van der Waals surface area (Å²) in [6.07, 6.45) is 2.71. The highest BCUT2D eigenvalue weighted by molar-refractivity contribution is 7.18. The summed E-state index contributed by atoms with van der Waals surface area (Å²) in [4.78, 5) is 34.4. The number of nitrogens with two attached hydrogens (primary N) is 1. The second-order valence-electron chi connectivity index (χ2n) is 8.08. The van der Waals surface area contributed by atoms with Crippen LogP contribution in [-0.2, 0) is 4.74 Å². The van der Waals surface area contributed by atoms with Crippen LogP contribution in [0.25, 0.3) is 10.7 Å². The Morgan fingerprint density at radius 3 is 2.72 bits per heavy atom. The smallest absolute Gasteiger partial charge is 0.327 e. The summed E-state index contributed by atoms with van der Waals surface area (Å²) in [5.74, 6) is 1.93. The van der Waals surface area contributed by atoms with Gasteiger partial charge in [-0.05, 0) is 30.7 Å². The molecule has 4 heterocycles. The van der Waals surface area contributed by atoms with Crippen LogP contribution in [0, 0.1) is 5.92 Å². The Balaban J connectivity index is 1.46. The third-order valence-corrected chi connectivity index (χ3v) is 6.31. The van der Waals surface area contributed by atoms with Crippen LogP contribution in [0.1, 0.15) is 16.8 Å². The van der Waals surface area contributed by atoms with Crippen molar-refractivity contribution in [1.82, 2.24) is 24.8 Å². The quantitative estimate of drug-likeness (QED) is 0.620. The maximum atomic E-state index is 12.1. The Bertz CT molecular complexity index is 1130. The van der Waals surface area contributed by atoms with Crippen LogP contribution in [-0.4, -0.2) is 70.6 Å². The summed E-state index contributed by atoms with van der Waals surface area (Å²) in [6, 6.07) is 7.28. The SMILES string of the molecule is CN(C)C(=O)c1ccc(Oc2nc(-c3cnc(N)s3)nc(N3CC4COCC3C4)n2)cc1. The molecule has 166 valence electrons. The van der Waals surface area contributed by atoms with Gasteiger partial charge in [0.1, 0.15) is 5.75 Å². The number of benzene rings is 1. The molecule has 0 radical (unpaired) electrons. The highest BCUT2D eigenvalue weighted by Crippen LogP contribution is 2.34. The Kier molecular flexibility index (Phi) is 5.35. The van der Waals surface area contributed by atoms with E-state index in [1.165, 1.54) is 16.2 Å². The lowest BCUT2D eigenvalue weighted by Crippen LogP contribution is -2.34. The van der Waals surface area contributed by atoms with E-state index in [9.17, 15) is 4.79 Å². The van der Waals surface area contributed by atoms with E-state index in [2.05, 4.69) is 19.9 Å². The van der Waals surface area contributed by atoms with Gasteiger partial charge < -0.3 is 25.0 Å². The summed E-state index contributed by atoms with van der Waals surface area (Å²) in [6.45, 7) is 2.25. The summed E-state index contributed by atoms with van der Waals surface area (Å²) < 4.78 is 11.7. The number of nitrogens with zero attached hydrogens (tertiary/aromatic N) is 6. The molecule has 11 heteroatoms. The van der Waals surface area contributed by atoms with Crippen molar-refractivity contribution < 1.29 is 14.3 Å². The number of ether oxygens (including phenoxy) is 2. The molecule has 3 aromatic rings. The third-order valence-electron chi connectivity index (χ3n) is 5.49. The summed E-state index contributed by atoms with van der Waals surface area (Å²) in [5, 5.41) is 0.441. The zero-order valence-corrected chi connectivity index (χ0v) is 18.6. The molecule has 2 unspecified atom stereocenters. The van der Waals surface area contributed by atoms with E-state index < -0.39 is 0 Å². The largest absolute Gasteiger partial charge is 0.424 e. The summed E-state index contributed by atoms with van der Waals surface area (Å²) in [5.41, 5.74) is 6.39. The van der Waals surface area contributed by atoms with Crippen LogP contribution in [0.15, 0.2) is 30.5 Å². The molecule has 2 aliphatic rings. The lowest BCUT2D eigenvalue weighted by atomic mass is 10.1. The molecule has 2 fully saturated rings. The van der Waals surface area contributed by atoms with Crippen LogP contribution in [0.3, 0.4) is 0 Å². The number of carbonyl (C=O) groups is 1. The van der Waals surface area contributed by atoms with Crippen molar-refractivity contribution in [1.29, 1.82) is 0 Å². The zero-order valence-electron chi connectivity index (χ0n) is 17.8. The normalized spacial score (nSPS) is 19.8. The van der Waals surface area contributed by atoms with Gasteiger partial charge in [0.2, 0.25) is 5.95 Å². The number of rotatable bonds is 5. The lowest BCUT2D eigenvalue weighted by molar-refractivity contribution is 0.0700. The van der Waals surface area contributed by atoms with E-state index in [-0.39, 0.29) is 18.0 Å². The van der Waals surface area contributed by atoms with Crippen LogP contribution in [0.4, 0.5) is 11.1 Å². The maximum absolute atomic E-state index is 12.1. The third kappa shape index (κ3) is 4.08. The van der Waals surface area contributed by atoms with E-state index in [1.54, 1.807) is 44.6 Å². The molecule has 2 saturated heterocycles. The molecule has 0 aliphatic carbocycles. The Labute approximate surface area is 189 Å². The number of anilines is 2. The number of nitrogen functional groups attached to an aromatic ring is 1. The van der Waals surface area contributed by atoms with Crippen molar-refractivity contribution in [3.05, 3.63) is 36.0 Å². The molecule has 5 rings (SSSR count). The number of hydrogen-bond acceptors (Lipinski definition) is 10. The van der Waals surface area contributed by atoms with Gasteiger partial charge >= 0.3 is 6.01 Å². The summed E-state index contributed by atoms with van der Waals surface area (Å²) in [7, 11) is 3.43. The van der Waals surface area contributed by atoms with E-state index in [0.29, 0.717) is 40.7 Å². The Hall–Kier alpha value is -3.31. The molecule has 2 atom stereocenters. The zero-order chi connectivity index (χ0) is 22.2. The maximum Gasteiger partial charge on any atom is 0.327 e. The van der Waals surface area contributed by atoms with Gasteiger partial charge in [-0.15, -0.1) is 0 Å². The van der Waals surface area contributed by atoms with Crippen molar-refractivity contribution in [3.8, 4) is 22.5 Å². The van der Waals surface area contributed by atoms with Crippen LogP contribution in [0.5, 0.6) is 11.8 Å². The molecule has 2 bridgehead atoms. The topological polar surface area (TPSA) is 120 Å². The van der Waals surface area contributed by atoms with Gasteiger partial charge in [-0.2, -0.15) is 15.0 Å². The minimum atomic E-state index is -0.0774. The number of fused-ring (bicyclic) bond motifs is 2. The van der Waals surface area contributed by atoms with Crippen molar-refractivity contribution >= 4 is 28.3 Å². The molecule has 1 aromatic carbocycles. The van der Waals surface area contributed by atoms with E-state index >= 15 is 0 Å². The first-order valence-electron chi connectivity index (χ1n) is 10.3. The van der Waals surface area contributed by atoms with Crippen LogP contribution < -0.4 is 15.4 Å². The van der Waals surface area contributed by atoms with E-state index in [0.717, 1.165) is 24.4 Å². The Morgan fingerprint density at radius 2 is 2.03 bits per heavy atom. The minimum absolute atomic E-state index is 0.0774. The second kappa shape index (κ2) is 8.32. The average molecular weight is 454 g/mol. The van der Waals surface area contributed by atoms with Crippen LogP contribution in [0.2, 0.25) is 0 Å². The average Bonchev–Trinajstić information content (AvgIpc) is 3.35. The molecular weight excluding hydrogens is 430 g/mol. The number of aromatic nitrogens is 4. The fourth-order valence-corrected chi connectivity index (χ4v) is 4.58. The number of hydrogen-bond donors (Lipinski definition) is 1. The van der Waals surface area contributed by atoms with E-state index in [1.807, 2.05) is 0 Å². The van der Waals surface area contributed by atoms with Gasteiger partial charge in [0.05, 0.1) is 30.3 Å². The first-order valence-corrected chi connectivity index (χ1v) is 11.1. The number of thiazole rings is 1. The molecule has 2 aliphatic heterocycles. The monoisotopic (exact) mass is 453 g/mol. The number of amides is 1. The predicted molar refractivity (Wildman–Crippen MR) is 120 cm³/mol. The van der Waals surface area contributed by atoms with Gasteiger partial charge in [0, 0.05) is 32.1 Å². The van der Waals surface area contributed by atoms with Crippen molar-refractivity contribution in [3.63, 3.8) is 0 Å².